The summed E-state index contributed by atoms with van der Waals surface area (Å²) in [5, 5.41) is 0.485. The van der Waals surface area contributed by atoms with Crippen molar-refractivity contribution in [2.24, 2.45) is 0 Å². The molecule has 0 heterocycles. The predicted molar refractivity (Wildman–Crippen MR) is 111 cm³/mol. The van der Waals surface area contributed by atoms with Gasteiger partial charge in [-0.25, -0.2) is 8.78 Å². The van der Waals surface area contributed by atoms with Gasteiger partial charge in [-0.2, -0.15) is 0 Å². The highest BCUT2D eigenvalue weighted by Gasteiger charge is 2.21. The first-order chi connectivity index (χ1) is 14.1. The Morgan fingerprint density at radius 1 is 0.931 bits per heavy atom. The quantitative estimate of drug-likeness (QED) is 0.366. The maximum Gasteiger partial charge on any atom is 0.139 e. The van der Waals surface area contributed by atoms with Crippen LogP contribution in [0, 0.1) is 0 Å². The standard InChI is InChI=1S/C24H19ClF2O2/c25-19-11-9-18(10-12-19)22(13-14-28)24(27)23(26)16-17-5-4-8-21(15-17)29-20-6-2-1-3-7-20/h1-12,14-15,22H,13,16H2. The second-order valence-corrected chi connectivity index (χ2v) is 6.94. The third-order valence-electron chi connectivity index (χ3n) is 4.41. The minimum atomic E-state index is -0.978. The van der Waals surface area contributed by atoms with Gasteiger partial charge in [0.2, 0.25) is 0 Å². The molecule has 0 aliphatic carbocycles. The molecule has 1 unspecified atom stereocenters. The van der Waals surface area contributed by atoms with Gasteiger partial charge in [-0.1, -0.05) is 54.1 Å². The molecule has 0 spiro atoms. The molecule has 148 valence electrons. The first-order valence-corrected chi connectivity index (χ1v) is 9.49. The lowest BCUT2D eigenvalue weighted by Crippen LogP contribution is -2.03. The van der Waals surface area contributed by atoms with E-state index in [0.29, 0.717) is 33.9 Å². The van der Waals surface area contributed by atoms with Gasteiger partial charge in [0.25, 0.3) is 0 Å². The zero-order valence-electron chi connectivity index (χ0n) is 15.5. The first-order valence-electron chi connectivity index (χ1n) is 9.12. The minimum absolute atomic E-state index is 0.155. The van der Waals surface area contributed by atoms with E-state index in [1.54, 1.807) is 48.5 Å². The summed E-state index contributed by atoms with van der Waals surface area (Å²) in [7, 11) is 0. The average molecular weight is 413 g/mol. The number of aldehydes is 1. The molecule has 3 aromatic rings. The summed E-state index contributed by atoms with van der Waals surface area (Å²) >= 11 is 5.85. The van der Waals surface area contributed by atoms with Gasteiger partial charge in [0.1, 0.15) is 29.4 Å². The smallest absolute Gasteiger partial charge is 0.139 e. The lowest BCUT2D eigenvalue weighted by atomic mass is 9.93. The van der Waals surface area contributed by atoms with Crippen molar-refractivity contribution in [1.82, 2.24) is 0 Å². The number of carbonyl (C=O) groups is 1. The topological polar surface area (TPSA) is 26.3 Å². The molecule has 0 aromatic heterocycles. The molecule has 0 N–H and O–H groups in total. The van der Waals surface area contributed by atoms with Crippen LogP contribution in [0.1, 0.15) is 23.5 Å². The molecular formula is C24H19ClF2O2. The summed E-state index contributed by atoms with van der Waals surface area (Å²) in [5.74, 6) is -1.66. The van der Waals surface area contributed by atoms with E-state index >= 15 is 0 Å². The Morgan fingerprint density at radius 2 is 1.62 bits per heavy atom. The zero-order valence-corrected chi connectivity index (χ0v) is 16.3. The number of carbonyl (C=O) groups excluding carboxylic acids is 1. The second kappa shape index (κ2) is 9.99. The van der Waals surface area contributed by atoms with Crippen LogP contribution in [0.4, 0.5) is 8.78 Å². The summed E-state index contributed by atoms with van der Waals surface area (Å²) in [5.41, 5.74) is 1.06. The van der Waals surface area contributed by atoms with Crippen molar-refractivity contribution in [3.8, 4) is 11.5 Å². The molecule has 3 rings (SSSR count). The number of ether oxygens (including phenoxy) is 1. The molecule has 0 aliphatic rings. The van der Waals surface area contributed by atoms with E-state index in [1.807, 2.05) is 30.3 Å². The summed E-state index contributed by atoms with van der Waals surface area (Å²) < 4.78 is 35.3. The van der Waals surface area contributed by atoms with E-state index in [4.69, 9.17) is 16.3 Å². The summed E-state index contributed by atoms with van der Waals surface area (Å²) in [4.78, 5) is 11.0. The van der Waals surface area contributed by atoms with Gasteiger partial charge in [0.15, 0.2) is 0 Å². The summed E-state index contributed by atoms with van der Waals surface area (Å²) in [6, 6.07) is 22.4. The Labute approximate surface area is 173 Å². The molecule has 5 heteroatoms. The molecule has 0 bridgehead atoms. The molecule has 1 atom stereocenters. The van der Waals surface area contributed by atoms with Crippen LogP contribution < -0.4 is 4.74 Å². The molecule has 0 amide bonds. The number of hydrogen-bond donors (Lipinski definition) is 0. The lowest BCUT2D eigenvalue weighted by Gasteiger charge is -2.14. The molecule has 2 nitrogen and oxygen atoms in total. The van der Waals surface area contributed by atoms with E-state index in [0.717, 1.165) is 0 Å². The second-order valence-electron chi connectivity index (χ2n) is 6.50. The number of allylic oxidation sites excluding steroid dienone is 2. The normalized spacial score (nSPS) is 12.8. The monoisotopic (exact) mass is 412 g/mol. The van der Waals surface area contributed by atoms with Gasteiger partial charge in [0.05, 0.1) is 0 Å². The number of benzene rings is 3. The Balaban J connectivity index is 1.80. The number of para-hydroxylation sites is 1. The summed E-state index contributed by atoms with van der Waals surface area (Å²) in [6.07, 6.45) is 0.194. The molecular weight excluding hydrogens is 394 g/mol. The van der Waals surface area contributed by atoms with Gasteiger partial charge < -0.3 is 9.53 Å². The Kier molecular flexibility index (Phi) is 7.14. The Hall–Kier alpha value is -2.98. The first kappa shape index (κ1) is 20.7. The van der Waals surface area contributed by atoms with Crippen LogP contribution in [0.5, 0.6) is 11.5 Å². The van der Waals surface area contributed by atoms with Crippen molar-refractivity contribution in [3.05, 3.63) is 107 Å². The van der Waals surface area contributed by atoms with Crippen molar-refractivity contribution in [3.63, 3.8) is 0 Å². The van der Waals surface area contributed by atoms with Gasteiger partial charge in [-0.05, 0) is 47.5 Å². The van der Waals surface area contributed by atoms with Crippen LogP contribution in [0.15, 0.2) is 90.5 Å². The molecule has 0 aliphatic heterocycles. The third kappa shape index (κ3) is 5.75. The molecule has 0 fully saturated rings. The van der Waals surface area contributed by atoms with Crippen molar-refractivity contribution in [2.45, 2.75) is 18.8 Å². The van der Waals surface area contributed by atoms with E-state index in [1.165, 1.54) is 0 Å². The highest BCUT2D eigenvalue weighted by Crippen LogP contribution is 2.33. The van der Waals surface area contributed by atoms with Crippen LogP contribution in [0.2, 0.25) is 5.02 Å². The van der Waals surface area contributed by atoms with Crippen LogP contribution >= 0.6 is 11.6 Å². The van der Waals surface area contributed by atoms with Crippen molar-refractivity contribution >= 4 is 17.9 Å². The fourth-order valence-corrected chi connectivity index (χ4v) is 3.10. The van der Waals surface area contributed by atoms with Crippen LogP contribution in [-0.2, 0) is 11.2 Å². The zero-order chi connectivity index (χ0) is 20.6. The number of halogens is 3. The van der Waals surface area contributed by atoms with Gasteiger partial charge in [0, 0.05) is 23.8 Å². The summed E-state index contributed by atoms with van der Waals surface area (Å²) in [6.45, 7) is 0. The van der Waals surface area contributed by atoms with Gasteiger partial charge >= 0.3 is 0 Å². The van der Waals surface area contributed by atoms with E-state index in [9.17, 15) is 13.6 Å². The van der Waals surface area contributed by atoms with Crippen molar-refractivity contribution < 1.29 is 18.3 Å². The number of rotatable bonds is 8. The Bertz CT molecular complexity index is 985. The largest absolute Gasteiger partial charge is 0.457 e. The predicted octanol–water partition coefficient (Wildman–Crippen LogP) is 7.20. The maximum absolute atomic E-state index is 14.8. The Morgan fingerprint density at radius 3 is 2.31 bits per heavy atom. The van der Waals surface area contributed by atoms with Crippen LogP contribution in [-0.4, -0.2) is 6.29 Å². The highest BCUT2D eigenvalue weighted by molar-refractivity contribution is 6.30. The molecule has 29 heavy (non-hydrogen) atoms. The molecule has 0 saturated heterocycles. The fraction of sp³-hybridized carbons (Fsp3) is 0.125. The van der Waals surface area contributed by atoms with E-state index < -0.39 is 17.6 Å². The van der Waals surface area contributed by atoms with Crippen molar-refractivity contribution in [1.29, 1.82) is 0 Å². The van der Waals surface area contributed by atoms with E-state index in [-0.39, 0.29) is 12.8 Å². The molecule has 0 saturated carbocycles. The molecule has 0 radical (unpaired) electrons. The van der Waals surface area contributed by atoms with Crippen LogP contribution in [0.3, 0.4) is 0 Å². The average Bonchev–Trinajstić information content (AvgIpc) is 2.73. The SMILES string of the molecule is O=CCC(C(F)=C(F)Cc1cccc(Oc2ccccc2)c1)c1ccc(Cl)cc1. The fourth-order valence-electron chi connectivity index (χ4n) is 2.97. The van der Waals surface area contributed by atoms with Gasteiger partial charge in [-0.3, -0.25) is 0 Å². The van der Waals surface area contributed by atoms with Gasteiger partial charge in [-0.15, -0.1) is 0 Å². The van der Waals surface area contributed by atoms with Crippen molar-refractivity contribution in [2.75, 3.05) is 0 Å². The number of hydrogen-bond acceptors (Lipinski definition) is 2. The minimum Gasteiger partial charge on any atom is -0.457 e. The maximum atomic E-state index is 14.8. The molecule has 3 aromatic carbocycles. The highest BCUT2D eigenvalue weighted by atomic mass is 35.5. The lowest BCUT2D eigenvalue weighted by molar-refractivity contribution is -0.108. The van der Waals surface area contributed by atoms with E-state index in [2.05, 4.69) is 0 Å². The van der Waals surface area contributed by atoms with Crippen LogP contribution in [0.25, 0.3) is 0 Å². The third-order valence-corrected chi connectivity index (χ3v) is 4.66.